The van der Waals surface area contributed by atoms with Crippen molar-refractivity contribution in [3.05, 3.63) is 100 Å². The van der Waals surface area contributed by atoms with E-state index in [4.69, 9.17) is 0 Å². The summed E-state index contributed by atoms with van der Waals surface area (Å²) in [5.74, 6) is -0.0394. The van der Waals surface area contributed by atoms with Gasteiger partial charge in [0.2, 0.25) is 5.91 Å². The number of rotatable bonds is 3. The fourth-order valence-corrected chi connectivity index (χ4v) is 3.88. The third kappa shape index (κ3) is 2.28. The van der Waals surface area contributed by atoms with E-state index in [2.05, 4.69) is 5.32 Å². The first-order chi connectivity index (χ1) is 12.6. The highest BCUT2D eigenvalue weighted by atomic mass is 16.3. The number of fused-ring (bicyclic) bond motifs is 1. The number of carbonyl (C=O) groups excluding carboxylic acids is 1. The number of carbonyl (C=O) groups is 1. The van der Waals surface area contributed by atoms with Gasteiger partial charge in [0, 0.05) is 11.3 Å². The van der Waals surface area contributed by atoms with E-state index in [-0.39, 0.29) is 12.5 Å². The summed E-state index contributed by atoms with van der Waals surface area (Å²) in [6.45, 7) is 4.04. The number of para-hydroxylation sites is 1. The molecule has 0 fully saturated rings. The number of anilines is 1. The molecule has 0 bridgehead atoms. The van der Waals surface area contributed by atoms with Crippen molar-refractivity contribution >= 4 is 11.6 Å². The summed E-state index contributed by atoms with van der Waals surface area (Å²) in [4.78, 5) is 13.4. The number of amides is 1. The average molecular weight is 343 g/mol. The van der Waals surface area contributed by atoms with Crippen molar-refractivity contribution in [2.45, 2.75) is 25.9 Å². The van der Waals surface area contributed by atoms with Crippen molar-refractivity contribution in [3.8, 4) is 0 Å². The number of aliphatic hydroxyl groups is 1. The quantitative estimate of drug-likeness (QED) is 0.753. The van der Waals surface area contributed by atoms with Crippen LogP contribution in [0.15, 0.2) is 66.7 Å². The molecule has 0 radical (unpaired) electrons. The zero-order chi connectivity index (χ0) is 18.3. The second-order valence-electron chi connectivity index (χ2n) is 6.92. The lowest BCUT2D eigenvalue weighted by Crippen LogP contribution is -2.37. The summed E-state index contributed by atoms with van der Waals surface area (Å²) in [6, 6.07) is 21.8. The van der Waals surface area contributed by atoms with Gasteiger partial charge in [-0.1, -0.05) is 72.3 Å². The molecule has 0 unspecified atom stereocenters. The van der Waals surface area contributed by atoms with Gasteiger partial charge in [0.15, 0.2) is 0 Å². The molecule has 0 saturated heterocycles. The largest absolute Gasteiger partial charge is 0.392 e. The molecule has 1 heterocycles. The van der Waals surface area contributed by atoms with Gasteiger partial charge in [-0.2, -0.15) is 0 Å². The molecule has 1 aliphatic heterocycles. The minimum atomic E-state index is -0.886. The van der Waals surface area contributed by atoms with E-state index in [0.717, 1.165) is 39.1 Å². The number of benzene rings is 3. The van der Waals surface area contributed by atoms with Crippen molar-refractivity contribution in [1.82, 2.24) is 0 Å². The first-order valence-electron chi connectivity index (χ1n) is 8.76. The van der Waals surface area contributed by atoms with Crippen LogP contribution in [0.1, 0.15) is 33.4 Å². The average Bonchev–Trinajstić information content (AvgIpc) is 2.97. The molecule has 1 amide bonds. The molecular formula is C23H21NO2. The molecule has 0 spiro atoms. The van der Waals surface area contributed by atoms with Crippen molar-refractivity contribution < 1.29 is 9.90 Å². The molecule has 1 aliphatic rings. The normalized spacial score (nSPS) is 18.5. The van der Waals surface area contributed by atoms with Gasteiger partial charge in [0.05, 0.1) is 6.61 Å². The Kier molecular flexibility index (Phi) is 3.89. The Hall–Kier alpha value is -2.91. The SMILES string of the molecule is Cc1ccc([C@@]2(c3ccc(CO)cc3)C(=O)Nc3c(C)cccc32)cc1. The van der Waals surface area contributed by atoms with Gasteiger partial charge in [0.25, 0.3) is 0 Å². The lowest BCUT2D eigenvalue weighted by molar-refractivity contribution is -0.118. The summed E-state index contributed by atoms with van der Waals surface area (Å²) in [6.07, 6.45) is 0. The molecule has 3 aromatic carbocycles. The highest BCUT2D eigenvalue weighted by molar-refractivity contribution is 6.12. The van der Waals surface area contributed by atoms with Crippen LogP contribution in [0.4, 0.5) is 5.69 Å². The van der Waals surface area contributed by atoms with Crippen LogP contribution in [0, 0.1) is 13.8 Å². The minimum absolute atomic E-state index is 0.0142. The zero-order valence-electron chi connectivity index (χ0n) is 14.9. The van der Waals surface area contributed by atoms with E-state index >= 15 is 0 Å². The minimum Gasteiger partial charge on any atom is -0.392 e. The van der Waals surface area contributed by atoms with Crippen LogP contribution in [-0.4, -0.2) is 11.0 Å². The molecule has 0 saturated carbocycles. The molecule has 130 valence electrons. The second kappa shape index (κ2) is 6.11. The van der Waals surface area contributed by atoms with Crippen LogP contribution >= 0.6 is 0 Å². The van der Waals surface area contributed by atoms with Crippen LogP contribution < -0.4 is 5.32 Å². The van der Waals surface area contributed by atoms with Crippen molar-refractivity contribution in [3.63, 3.8) is 0 Å². The van der Waals surface area contributed by atoms with E-state index < -0.39 is 5.41 Å². The number of hydrogen-bond donors (Lipinski definition) is 2. The number of aryl methyl sites for hydroxylation is 2. The monoisotopic (exact) mass is 343 g/mol. The Bertz CT molecular complexity index is 974. The maximum atomic E-state index is 13.4. The Morgan fingerprint density at radius 2 is 1.50 bits per heavy atom. The fraction of sp³-hybridized carbons (Fsp3) is 0.174. The summed E-state index contributed by atoms with van der Waals surface area (Å²) in [5.41, 5.74) is 5.87. The predicted molar refractivity (Wildman–Crippen MR) is 103 cm³/mol. The lowest BCUT2D eigenvalue weighted by atomic mass is 9.70. The molecule has 26 heavy (non-hydrogen) atoms. The molecule has 3 nitrogen and oxygen atoms in total. The van der Waals surface area contributed by atoms with Gasteiger partial charge in [-0.25, -0.2) is 0 Å². The molecule has 1 atom stereocenters. The second-order valence-corrected chi connectivity index (χ2v) is 6.92. The van der Waals surface area contributed by atoms with E-state index in [9.17, 15) is 9.90 Å². The third-order valence-corrected chi connectivity index (χ3v) is 5.31. The van der Waals surface area contributed by atoms with Crippen molar-refractivity contribution in [2.24, 2.45) is 0 Å². The topological polar surface area (TPSA) is 49.3 Å². The number of hydrogen-bond acceptors (Lipinski definition) is 2. The molecule has 3 aromatic rings. The summed E-state index contributed by atoms with van der Waals surface area (Å²) < 4.78 is 0. The molecular weight excluding hydrogens is 322 g/mol. The van der Waals surface area contributed by atoms with Crippen LogP contribution in [0.25, 0.3) is 0 Å². The highest BCUT2D eigenvalue weighted by Crippen LogP contribution is 2.48. The van der Waals surface area contributed by atoms with E-state index in [1.165, 1.54) is 0 Å². The molecule has 4 rings (SSSR count). The summed E-state index contributed by atoms with van der Waals surface area (Å²) >= 11 is 0. The van der Waals surface area contributed by atoms with Gasteiger partial charge in [0.1, 0.15) is 5.41 Å². The van der Waals surface area contributed by atoms with Gasteiger partial charge in [-0.15, -0.1) is 0 Å². The van der Waals surface area contributed by atoms with Gasteiger partial charge in [-0.05, 0) is 36.1 Å². The van der Waals surface area contributed by atoms with Crippen LogP contribution in [0.5, 0.6) is 0 Å². The fourth-order valence-electron chi connectivity index (χ4n) is 3.88. The molecule has 0 aromatic heterocycles. The Morgan fingerprint density at radius 1 is 0.885 bits per heavy atom. The van der Waals surface area contributed by atoms with E-state index in [0.29, 0.717) is 0 Å². The first kappa shape index (κ1) is 16.6. The van der Waals surface area contributed by atoms with E-state index in [1.807, 2.05) is 80.6 Å². The summed E-state index contributed by atoms with van der Waals surface area (Å²) in [7, 11) is 0. The van der Waals surface area contributed by atoms with Gasteiger partial charge < -0.3 is 10.4 Å². The number of aliphatic hydroxyl groups excluding tert-OH is 1. The van der Waals surface area contributed by atoms with Gasteiger partial charge in [-0.3, -0.25) is 4.79 Å². The Morgan fingerprint density at radius 3 is 2.12 bits per heavy atom. The molecule has 2 N–H and O–H groups in total. The Balaban J connectivity index is 2.04. The highest BCUT2D eigenvalue weighted by Gasteiger charge is 2.49. The number of nitrogens with one attached hydrogen (secondary N) is 1. The zero-order valence-corrected chi connectivity index (χ0v) is 14.9. The van der Waals surface area contributed by atoms with Crippen molar-refractivity contribution in [1.29, 1.82) is 0 Å². The molecule has 3 heteroatoms. The lowest BCUT2D eigenvalue weighted by Gasteiger charge is -2.29. The molecule has 0 aliphatic carbocycles. The van der Waals surface area contributed by atoms with Crippen LogP contribution in [0.3, 0.4) is 0 Å². The maximum Gasteiger partial charge on any atom is 0.244 e. The first-order valence-corrected chi connectivity index (χ1v) is 8.76. The van der Waals surface area contributed by atoms with Crippen LogP contribution in [-0.2, 0) is 16.8 Å². The maximum absolute atomic E-state index is 13.4. The van der Waals surface area contributed by atoms with E-state index in [1.54, 1.807) is 0 Å². The van der Waals surface area contributed by atoms with Crippen LogP contribution in [0.2, 0.25) is 0 Å². The smallest absolute Gasteiger partial charge is 0.244 e. The van der Waals surface area contributed by atoms with Gasteiger partial charge >= 0.3 is 0 Å². The standard InChI is InChI=1S/C23H21NO2/c1-15-6-10-18(11-7-15)23(19-12-8-17(14-25)9-13-19)20-5-3-4-16(2)21(20)24-22(23)26/h3-13,25H,14H2,1-2H3,(H,24,26)/t23-/m0/s1. The summed E-state index contributed by atoms with van der Waals surface area (Å²) in [5, 5.41) is 12.5. The van der Waals surface area contributed by atoms with Crippen molar-refractivity contribution in [2.75, 3.05) is 5.32 Å². The third-order valence-electron chi connectivity index (χ3n) is 5.31. The predicted octanol–water partition coefficient (Wildman–Crippen LogP) is 4.08. The Labute approximate surface area is 153 Å².